The quantitative estimate of drug-likeness (QED) is 0.777. The zero-order valence-corrected chi connectivity index (χ0v) is 11.3. The van der Waals surface area contributed by atoms with E-state index < -0.39 is 0 Å². The Labute approximate surface area is 118 Å². The molecule has 0 atom stereocenters. The summed E-state index contributed by atoms with van der Waals surface area (Å²) in [6, 6.07) is 18.5. The largest absolute Gasteiger partial charge is 0.481 e. The first-order valence-electron chi connectivity index (χ1n) is 6.58. The molecule has 1 heterocycles. The minimum absolute atomic E-state index is 0.658. The molecule has 0 saturated heterocycles. The van der Waals surface area contributed by atoms with Gasteiger partial charge in [0.2, 0.25) is 5.88 Å². The number of nitrogens with one attached hydrogen (secondary N) is 1. The second kappa shape index (κ2) is 5.61. The Morgan fingerprint density at radius 3 is 2.60 bits per heavy atom. The lowest BCUT2D eigenvalue weighted by Gasteiger charge is -2.11. The lowest BCUT2D eigenvalue weighted by atomic mass is 10.1. The summed E-state index contributed by atoms with van der Waals surface area (Å²) in [5.41, 5.74) is 2.34. The van der Waals surface area contributed by atoms with E-state index in [2.05, 4.69) is 28.5 Å². The fourth-order valence-electron chi connectivity index (χ4n) is 2.29. The molecule has 3 aromatic rings. The summed E-state index contributed by atoms with van der Waals surface area (Å²) in [4.78, 5) is 4.23. The SMILES string of the molecule is COc1nccc2c(NCc3ccccc3)cccc12. The van der Waals surface area contributed by atoms with Crippen molar-refractivity contribution < 1.29 is 4.74 Å². The van der Waals surface area contributed by atoms with Gasteiger partial charge in [-0.3, -0.25) is 0 Å². The van der Waals surface area contributed by atoms with E-state index in [0.717, 1.165) is 23.0 Å². The average Bonchev–Trinajstić information content (AvgIpc) is 2.53. The Bertz CT molecular complexity index is 711. The molecule has 0 aliphatic carbocycles. The van der Waals surface area contributed by atoms with E-state index in [9.17, 15) is 0 Å². The van der Waals surface area contributed by atoms with Gasteiger partial charge in [0.15, 0.2) is 0 Å². The maximum absolute atomic E-state index is 5.31. The second-order valence-corrected chi connectivity index (χ2v) is 4.56. The van der Waals surface area contributed by atoms with Crippen molar-refractivity contribution in [3.8, 4) is 5.88 Å². The van der Waals surface area contributed by atoms with Crippen LogP contribution in [0.2, 0.25) is 0 Å². The fraction of sp³-hybridized carbons (Fsp3) is 0.118. The minimum Gasteiger partial charge on any atom is -0.481 e. The van der Waals surface area contributed by atoms with Crippen LogP contribution in [-0.4, -0.2) is 12.1 Å². The predicted octanol–water partition coefficient (Wildman–Crippen LogP) is 3.86. The van der Waals surface area contributed by atoms with Gasteiger partial charge < -0.3 is 10.1 Å². The van der Waals surface area contributed by atoms with Crippen LogP contribution in [-0.2, 0) is 6.54 Å². The average molecular weight is 264 g/mol. The van der Waals surface area contributed by atoms with E-state index >= 15 is 0 Å². The molecule has 0 unspecified atom stereocenters. The van der Waals surface area contributed by atoms with Crippen molar-refractivity contribution in [3.05, 3.63) is 66.4 Å². The van der Waals surface area contributed by atoms with Crippen LogP contribution in [0, 0.1) is 0 Å². The summed E-state index contributed by atoms with van der Waals surface area (Å²) >= 11 is 0. The Kier molecular flexibility index (Phi) is 3.50. The third-order valence-corrected chi connectivity index (χ3v) is 3.29. The van der Waals surface area contributed by atoms with Gasteiger partial charge in [-0.25, -0.2) is 4.98 Å². The Morgan fingerprint density at radius 1 is 0.950 bits per heavy atom. The van der Waals surface area contributed by atoms with Crippen molar-refractivity contribution in [1.29, 1.82) is 0 Å². The van der Waals surface area contributed by atoms with E-state index in [1.165, 1.54) is 5.56 Å². The smallest absolute Gasteiger partial charge is 0.221 e. The highest BCUT2D eigenvalue weighted by Crippen LogP contribution is 2.28. The fourth-order valence-corrected chi connectivity index (χ4v) is 2.29. The van der Waals surface area contributed by atoms with Crippen molar-refractivity contribution in [2.45, 2.75) is 6.54 Å². The molecule has 0 bridgehead atoms. The summed E-state index contributed by atoms with van der Waals surface area (Å²) in [5.74, 6) is 0.658. The molecule has 3 nitrogen and oxygen atoms in total. The molecular formula is C17H16N2O. The summed E-state index contributed by atoms with van der Waals surface area (Å²) < 4.78 is 5.31. The molecular weight excluding hydrogens is 248 g/mol. The maximum atomic E-state index is 5.31. The van der Waals surface area contributed by atoms with Crippen LogP contribution in [0.25, 0.3) is 10.8 Å². The van der Waals surface area contributed by atoms with Crippen molar-refractivity contribution in [3.63, 3.8) is 0 Å². The zero-order valence-electron chi connectivity index (χ0n) is 11.3. The normalized spacial score (nSPS) is 10.4. The van der Waals surface area contributed by atoms with Gasteiger partial charge in [-0.2, -0.15) is 0 Å². The molecule has 0 saturated carbocycles. The van der Waals surface area contributed by atoms with E-state index in [1.807, 2.05) is 36.4 Å². The number of aromatic nitrogens is 1. The third kappa shape index (κ3) is 2.43. The molecule has 0 aliphatic heterocycles. The number of fused-ring (bicyclic) bond motifs is 1. The lowest BCUT2D eigenvalue weighted by molar-refractivity contribution is 0.403. The molecule has 1 N–H and O–H groups in total. The molecule has 3 heteroatoms. The summed E-state index contributed by atoms with van der Waals surface area (Å²) in [6.07, 6.45) is 1.77. The predicted molar refractivity (Wildman–Crippen MR) is 82.1 cm³/mol. The molecule has 3 rings (SSSR count). The Balaban J connectivity index is 1.92. The van der Waals surface area contributed by atoms with Crippen LogP contribution < -0.4 is 10.1 Å². The van der Waals surface area contributed by atoms with Gasteiger partial charge in [-0.05, 0) is 23.8 Å². The molecule has 0 amide bonds. The number of anilines is 1. The van der Waals surface area contributed by atoms with Crippen LogP contribution in [0.3, 0.4) is 0 Å². The summed E-state index contributed by atoms with van der Waals surface area (Å²) in [6.45, 7) is 0.796. The Hall–Kier alpha value is -2.55. The monoisotopic (exact) mass is 264 g/mol. The molecule has 100 valence electrons. The van der Waals surface area contributed by atoms with Crippen molar-refractivity contribution in [2.24, 2.45) is 0 Å². The number of methoxy groups -OCH3 is 1. The molecule has 0 aliphatic rings. The minimum atomic E-state index is 0.658. The highest BCUT2D eigenvalue weighted by atomic mass is 16.5. The number of ether oxygens (including phenoxy) is 1. The summed E-state index contributed by atoms with van der Waals surface area (Å²) in [7, 11) is 1.64. The first-order chi connectivity index (χ1) is 9.88. The van der Waals surface area contributed by atoms with Crippen LogP contribution in [0.1, 0.15) is 5.56 Å². The number of hydrogen-bond donors (Lipinski definition) is 1. The first-order valence-corrected chi connectivity index (χ1v) is 6.58. The van der Waals surface area contributed by atoms with Gasteiger partial charge in [0.1, 0.15) is 0 Å². The molecule has 1 aromatic heterocycles. The van der Waals surface area contributed by atoms with E-state index in [0.29, 0.717) is 5.88 Å². The highest BCUT2D eigenvalue weighted by Gasteiger charge is 2.05. The number of nitrogens with zero attached hydrogens (tertiary/aromatic N) is 1. The number of pyridine rings is 1. The van der Waals surface area contributed by atoms with E-state index in [4.69, 9.17) is 4.74 Å². The van der Waals surface area contributed by atoms with Gasteiger partial charge in [-0.1, -0.05) is 36.4 Å². The molecule has 2 aromatic carbocycles. The Morgan fingerprint density at radius 2 is 1.80 bits per heavy atom. The van der Waals surface area contributed by atoms with Gasteiger partial charge in [0.25, 0.3) is 0 Å². The first kappa shape index (κ1) is 12.5. The van der Waals surface area contributed by atoms with Gasteiger partial charge in [-0.15, -0.1) is 0 Å². The number of hydrogen-bond acceptors (Lipinski definition) is 3. The van der Waals surface area contributed by atoms with Gasteiger partial charge in [0, 0.05) is 29.2 Å². The molecule has 0 radical (unpaired) electrons. The van der Waals surface area contributed by atoms with Gasteiger partial charge >= 0.3 is 0 Å². The molecule has 0 spiro atoms. The van der Waals surface area contributed by atoms with Crippen LogP contribution in [0.4, 0.5) is 5.69 Å². The van der Waals surface area contributed by atoms with Crippen LogP contribution in [0.15, 0.2) is 60.8 Å². The topological polar surface area (TPSA) is 34.1 Å². The van der Waals surface area contributed by atoms with Crippen LogP contribution >= 0.6 is 0 Å². The number of rotatable bonds is 4. The van der Waals surface area contributed by atoms with Crippen molar-refractivity contribution >= 4 is 16.5 Å². The van der Waals surface area contributed by atoms with Crippen LogP contribution in [0.5, 0.6) is 5.88 Å². The molecule has 20 heavy (non-hydrogen) atoms. The highest BCUT2D eigenvalue weighted by molar-refractivity contribution is 5.96. The maximum Gasteiger partial charge on any atom is 0.221 e. The standard InChI is InChI=1S/C17H16N2O/c1-20-17-15-8-5-9-16(14(15)10-11-18-17)19-12-13-6-3-2-4-7-13/h2-11,19H,12H2,1H3. The summed E-state index contributed by atoms with van der Waals surface area (Å²) in [5, 5.41) is 5.61. The number of benzene rings is 2. The lowest BCUT2D eigenvalue weighted by Crippen LogP contribution is -2.00. The van der Waals surface area contributed by atoms with E-state index in [-0.39, 0.29) is 0 Å². The second-order valence-electron chi connectivity index (χ2n) is 4.56. The van der Waals surface area contributed by atoms with Crippen molar-refractivity contribution in [1.82, 2.24) is 4.98 Å². The van der Waals surface area contributed by atoms with Crippen molar-refractivity contribution in [2.75, 3.05) is 12.4 Å². The van der Waals surface area contributed by atoms with Gasteiger partial charge in [0.05, 0.1) is 7.11 Å². The zero-order chi connectivity index (χ0) is 13.8. The van der Waals surface area contributed by atoms with E-state index in [1.54, 1.807) is 13.3 Å². The molecule has 0 fully saturated rings. The third-order valence-electron chi connectivity index (χ3n) is 3.29.